The first kappa shape index (κ1) is 25.0. The van der Waals surface area contributed by atoms with Crippen molar-refractivity contribution in [3.8, 4) is 5.75 Å². The summed E-state index contributed by atoms with van der Waals surface area (Å²) in [7, 11) is -2.44. The van der Waals surface area contributed by atoms with E-state index in [2.05, 4.69) is 5.32 Å². The second-order valence-corrected chi connectivity index (χ2v) is 10.5. The van der Waals surface area contributed by atoms with E-state index in [0.29, 0.717) is 23.0 Å². The van der Waals surface area contributed by atoms with E-state index in [1.165, 1.54) is 19.2 Å². The highest BCUT2D eigenvalue weighted by Crippen LogP contribution is 2.27. The molecule has 0 unspecified atom stereocenters. The van der Waals surface area contributed by atoms with Crippen LogP contribution in [0.2, 0.25) is 5.02 Å². The standard InChI is InChI=1S/C24H25ClN2O4S2/c1-31-21-8-5-7-20(17-21)27(33(29,30)23-9-3-2-4-10-23)18-24(28)26-15-6-16-32-22-13-11-19(25)12-14-22/h2-5,7-14,17H,6,15-16,18H2,1H3,(H,26,28). The predicted octanol–water partition coefficient (Wildman–Crippen LogP) is 4.84. The summed E-state index contributed by atoms with van der Waals surface area (Å²) in [5.41, 5.74) is 0.353. The van der Waals surface area contributed by atoms with Crippen molar-refractivity contribution in [3.05, 3.63) is 83.9 Å². The van der Waals surface area contributed by atoms with Gasteiger partial charge in [-0.25, -0.2) is 8.42 Å². The van der Waals surface area contributed by atoms with Gasteiger partial charge in [-0.1, -0.05) is 35.9 Å². The molecule has 0 aliphatic heterocycles. The van der Waals surface area contributed by atoms with Crippen LogP contribution < -0.4 is 14.4 Å². The van der Waals surface area contributed by atoms with E-state index < -0.39 is 10.0 Å². The van der Waals surface area contributed by atoms with Gasteiger partial charge in [0.05, 0.1) is 17.7 Å². The van der Waals surface area contributed by atoms with Crippen LogP contribution in [0.25, 0.3) is 0 Å². The van der Waals surface area contributed by atoms with Gasteiger partial charge < -0.3 is 10.1 Å². The second kappa shape index (κ2) is 12.0. The number of benzene rings is 3. The Hall–Kier alpha value is -2.68. The van der Waals surface area contributed by atoms with Gasteiger partial charge in [0.1, 0.15) is 12.3 Å². The van der Waals surface area contributed by atoms with Crippen LogP contribution in [0.3, 0.4) is 0 Å². The highest BCUT2D eigenvalue weighted by atomic mass is 35.5. The number of nitrogens with one attached hydrogen (secondary N) is 1. The summed E-state index contributed by atoms with van der Waals surface area (Å²) in [6.07, 6.45) is 0.740. The molecule has 174 valence electrons. The summed E-state index contributed by atoms with van der Waals surface area (Å²) in [4.78, 5) is 13.9. The lowest BCUT2D eigenvalue weighted by atomic mass is 10.3. The molecule has 0 aromatic heterocycles. The van der Waals surface area contributed by atoms with Crippen molar-refractivity contribution in [2.24, 2.45) is 0 Å². The maximum absolute atomic E-state index is 13.3. The van der Waals surface area contributed by atoms with Crippen LogP contribution in [0.1, 0.15) is 6.42 Å². The number of carbonyl (C=O) groups excluding carboxylic acids is 1. The number of ether oxygens (including phenoxy) is 1. The fourth-order valence-electron chi connectivity index (χ4n) is 3.01. The van der Waals surface area contributed by atoms with Gasteiger partial charge in [0.15, 0.2) is 0 Å². The number of rotatable bonds is 11. The molecule has 6 nitrogen and oxygen atoms in total. The Kier molecular flexibility index (Phi) is 9.05. The molecule has 3 aromatic carbocycles. The SMILES string of the molecule is COc1cccc(N(CC(=O)NCCCSc2ccc(Cl)cc2)S(=O)(=O)c2ccccc2)c1. The molecule has 0 radical (unpaired) electrons. The minimum absolute atomic E-state index is 0.111. The molecular formula is C24H25ClN2O4S2. The Morgan fingerprint density at radius 3 is 2.45 bits per heavy atom. The van der Waals surface area contributed by atoms with E-state index in [1.807, 2.05) is 24.3 Å². The molecule has 0 spiro atoms. The molecule has 0 aliphatic carbocycles. The number of methoxy groups -OCH3 is 1. The van der Waals surface area contributed by atoms with Gasteiger partial charge >= 0.3 is 0 Å². The number of hydrogen-bond donors (Lipinski definition) is 1. The van der Waals surface area contributed by atoms with Crippen molar-refractivity contribution < 1.29 is 17.9 Å². The number of nitrogens with zero attached hydrogens (tertiary/aromatic N) is 1. The number of sulfonamides is 1. The Morgan fingerprint density at radius 1 is 1.03 bits per heavy atom. The van der Waals surface area contributed by atoms with Gasteiger partial charge in [0, 0.05) is 22.5 Å². The van der Waals surface area contributed by atoms with Gasteiger partial charge in [-0.2, -0.15) is 0 Å². The fraction of sp³-hybridized carbons (Fsp3) is 0.208. The summed E-state index contributed by atoms with van der Waals surface area (Å²) in [6.45, 7) is 0.103. The summed E-state index contributed by atoms with van der Waals surface area (Å²) < 4.78 is 33.0. The molecule has 9 heteroatoms. The summed E-state index contributed by atoms with van der Waals surface area (Å²) in [5, 5.41) is 3.51. The number of amides is 1. The average Bonchev–Trinajstić information content (AvgIpc) is 2.84. The predicted molar refractivity (Wildman–Crippen MR) is 134 cm³/mol. The molecule has 33 heavy (non-hydrogen) atoms. The second-order valence-electron chi connectivity index (χ2n) is 7.03. The van der Waals surface area contributed by atoms with E-state index in [0.717, 1.165) is 21.4 Å². The van der Waals surface area contributed by atoms with Crippen LogP contribution in [0, 0.1) is 0 Å². The molecule has 1 N–H and O–H groups in total. The van der Waals surface area contributed by atoms with Gasteiger partial charge in [-0.15, -0.1) is 11.8 Å². The molecule has 3 aromatic rings. The van der Waals surface area contributed by atoms with Crippen LogP contribution in [-0.4, -0.2) is 40.3 Å². The normalized spacial score (nSPS) is 11.1. The van der Waals surface area contributed by atoms with Crippen molar-refractivity contribution in [1.82, 2.24) is 5.32 Å². The van der Waals surface area contributed by atoms with E-state index in [1.54, 1.807) is 54.2 Å². The van der Waals surface area contributed by atoms with Gasteiger partial charge in [0.2, 0.25) is 5.91 Å². The first-order chi connectivity index (χ1) is 15.9. The van der Waals surface area contributed by atoms with Crippen LogP contribution in [0.4, 0.5) is 5.69 Å². The summed E-state index contributed by atoms with van der Waals surface area (Å²) in [5.74, 6) is 0.929. The largest absolute Gasteiger partial charge is 0.497 e. The molecule has 0 aliphatic rings. The maximum Gasteiger partial charge on any atom is 0.264 e. The Morgan fingerprint density at radius 2 is 1.76 bits per heavy atom. The molecule has 0 bridgehead atoms. The third-order valence-electron chi connectivity index (χ3n) is 4.69. The molecule has 0 saturated heterocycles. The Bertz CT molecular complexity index is 1160. The zero-order valence-corrected chi connectivity index (χ0v) is 20.5. The van der Waals surface area contributed by atoms with Crippen molar-refractivity contribution in [2.75, 3.05) is 30.3 Å². The van der Waals surface area contributed by atoms with E-state index in [9.17, 15) is 13.2 Å². The number of anilines is 1. The van der Waals surface area contributed by atoms with Crippen molar-refractivity contribution in [1.29, 1.82) is 0 Å². The van der Waals surface area contributed by atoms with Crippen molar-refractivity contribution in [3.63, 3.8) is 0 Å². The molecular weight excluding hydrogens is 480 g/mol. The first-order valence-corrected chi connectivity index (χ1v) is 13.1. The average molecular weight is 505 g/mol. The minimum atomic E-state index is -3.95. The lowest BCUT2D eigenvalue weighted by Crippen LogP contribution is -2.41. The summed E-state index contributed by atoms with van der Waals surface area (Å²) >= 11 is 7.56. The molecule has 0 fully saturated rings. The van der Waals surface area contributed by atoms with Gasteiger partial charge in [-0.3, -0.25) is 9.10 Å². The highest BCUT2D eigenvalue weighted by molar-refractivity contribution is 7.99. The zero-order valence-electron chi connectivity index (χ0n) is 18.1. The zero-order chi connectivity index (χ0) is 23.7. The van der Waals surface area contributed by atoms with E-state index >= 15 is 0 Å². The lowest BCUT2D eigenvalue weighted by molar-refractivity contribution is -0.119. The monoisotopic (exact) mass is 504 g/mol. The lowest BCUT2D eigenvalue weighted by Gasteiger charge is -2.24. The van der Waals surface area contributed by atoms with E-state index in [4.69, 9.17) is 16.3 Å². The van der Waals surface area contributed by atoms with Crippen LogP contribution >= 0.6 is 23.4 Å². The number of thioether (sulfide) groups is 1. The third kappa shape index (κ3) is 7.15. The van der Waals surface area contributed by atoms with Gasteiger partial charge in [0.25, 0.3) is 10.0 Å². The van der Waals surface area contributed by atoms with E-state index in [-0.39, 0.29) is 17.3 Å². The number of hydrogen-bond acceptors (Lipinski definition) is 5. The van der Waals surface area contributed by atoms with Crippen LogP contribution in [0.15, 0.2) is 88.7 Å². The molecule has 3 rings (SSSR count). The first-order valence-electron chi connectivity index (χ1n) is 10.3. The Balaban J connectivity index is 1.64. The van der Waals surface area contributed by atoms with Crippen molar-refractivity contribution in [2.45, 2.75) is 16.2 Å². The third-order valence-corrected chi connectivity index (χ3v) is 7.82. The molecule has 1 amide bonds. The van der Waals surface area contributed by atoms with Crippen LogP contribution in [0.5, 0.6) is 5.75 Å². The maximum atomic E-state index is 13.3. The fourth-order valence-corrected chi connectivity index (χ4v) is 5.42. The minimum Gasteiger partial charge on any atom is -0.497 e. The van der Waals surface area contributed by atoms with Crippen molar-refractivity contribution >= 4 is 45.0 Å². The Labute approximate surface area is 204 Å². The number of halogens is 1. The van der Waals surface area contributed by atoms with Crippen LogP contribution in [-0.2, 0) is 14.8 Å². The smallest absolute Gasteiger partial charge is 0.264 e. The highest BCUT2D eigenvalue weighted by Gasteiger charge is 2.27. The number of carbonyl (C=O) groups is 1. The molecule has 0 heterocycles. The van der Waals surface area contributed by atoms with Gasteiger partial charge in [-0.05, 0) is 60.7 Å². The summed E-state index contributed by atoms with van der Waals surface area (Å²) in [6, 6.07) is 22.3. The molecule has 0 saturated carbocycles. The molecule has 0 atom stereocenters. The quantitative estimate of drug-likeness (QED) is 0.298. The topological polar surface area (TPSA) is 75.7 Å².